The van der Waals surface area contributed by atoms with Crippen molar-refractivity contribution in [2.24, 2.45) is 0 Å². The second kappa shape index (κ2) is 7.35. The van der Waals surface area contributed by atoms with Crippen molar-refractivity contribution in [1.29, 1.82) is 0 Å². The molecule has 1 saturated heterocycles. The molecule has 1 aliphatic rings. The minimum atomic E-state index is -0.211. The number of benzene rings is 1. The fraction of sp³-hybridized carbons (Fsp3) is 0.474. The lowest BCUT2D eigenvalue weighted by atomic mass is 10.1. The molecule has 2 heterocycles. The van der Waals surface area contributed by atoms with Crippen LogP contribution in [0.15, 0.2) is 24.3 Å². The van der Waals surface area contributed by atoms with E-state index in [2.05, 4.69) is 22.0 Å². The van der Waals surface area contributed by atoms with Gasteiger partial charge in [-0.15, -0.1) is 0 Å². The SMILES string of the molecule is Cc1n[nH]c(C)c1CC(=O)N1CCN(Cc2ccc(F)cc2)C[C@@H]1C. The van der Waals surface area contributed by atoms with Crippen molar-refractivity contribution in [2.75, 3.05) is 19.6 Å². The number of piperazine rings is 1. The number of aromatic amines is 1. The van der Waals surface area contributed by atoms with Gasteiger partial charge >= 0.3 is 0 Å². The van der Waals surface area contributed by atoms with Gasteiger partial charge in [-0.05, 0) is 38.5 Å². The van der Waals surface area contributed by atoms with Crippen LogP contribution in [0.1, 0.15) is 29.4 Å². The number of hydrogen-bond acceptors (Lipinski definition) is 3. The van der Waals surface area contributed by atoms with Crippen LogP contribution >= 0.6 is 0 Å². The van der Waals surface area contributed by atoms with Gasteiger partial charge in [-0.1, -0.05) is 12.1 Å². The standard InChI is InChI=1S/C19H25FN4O/c1-13-11-23(12-16-4-6-17(20)7-5-16)8-9-24(13)19(25)10-18-14(2)21-22-15(18)3/h4-7,13H,8-12H2,1-3H3,(H,21,22)/t13-/m0/s1. The van der Waals surface area contributed by atoms with Crippen molar-refractivity contribution in [2.45, 2.75) is 39.8 Å². The molecule has 0 saturated carbocycles. The second-order valence-electron chi connectivity index (χ2n) is 6.89. The largest absolute Gasteiger partial charge is 0.337 e. The van der Waals surface area contributed by atoms with Crippen molar-refractivity contribution in [3.63, 3.8) is 0 Å². The van der Waals surface area contributed by atoms with Gasteiger partial charge in [0.15, 0.2) is 0 Å². The lowest BCUT2D eigenvalue weighted by molar-refractivity contribution is -0.135. The number of hydrogen-bond donors (Lipinski definition) is 1. The summed E-state index contributed by atoms with van der Waals surface area (Å²) in [5, 5.41) is 7.11. The predicted octanol–water partition coefficient (Wildman–Crippen LogP) is 2.44. The third-order valence-corrected chi connectivity index (χ3v) is 4.96. The monoisotopic (exact) mass is 344 g/mol. The maximum absolute atomic E-state index is 13.0. The third-order valence-electron chi connectivity index (χ3n) is 4.96. The Morgan fingerprint density at radius 1 is 1.28 bits per heavy atom. The van der Waals surface area contributed by atoms with Crippen LogP contribution in [0.5, 0.6) is 0 Å². The first-order valence-corrected chi connectivity index (χ1v) is 8.70. The van der Waals surface area contributed by atoms with Crippen LogP contribution in [0.3, 0.4) is 0 Å². The van der Waals surface area contributed by atoms with Gasteiger partial charge in [0.05, 0.1) is 12.1 Å². The molecule has 1 aromatic carbocycles. The summed E-state index contributed by atoms with van der Waals surface area (Å²) in [7, 11) is 0. The van der Waals surface area contributed by atoms with Gasteiger partial charge in [-0.2, -0.15) is 5.10 Å². The zero-order valence-corrected chi connectivity index (χ0v) is 15.1. The van der Waals surface area contributed by atoms with Crippen LogP contribution in [0, 0.1) is 19.7 Å². The first-order chi connectivity index (χ1) is 11.9. The van der Waals surface area contributed by atoms with Crippen molar-refractivity contribution >= 4 is 5.91 Å². The van der Waals surface area contributed by atoms with E-state index in [1.165, 1.54) is 12.1 Å². The summed E-state index contributed by atoms with van der Waals surface area (Å²) in [5.74, 6) is -0.0566. The lowest BCUT2D eigenvalue weighted by Gasteiger charge is -2.40. The van der Waals surface area contributed by atoms with Gasteiger partial charge in [0, 0.05) is 43.5 Å². The highest BCUT2D eigenvalue weighted by Crippen LogP contribution is 2.17. The molecule has 25 heavy (non-hydrogen) atoms. The fourth-order valence-corrected chi connectivity index (χ4v) is 3.48. The topological polar surface area (TPSA) is 52.2 Å². The summed E-state index contributed by atoms with van der Waals surface area (Å²) in [4.78, 5) is 17.0. The first-order valence-electron chi connectivity index (χ1n) is 8.70. The summed E-state index contributed by atoms with van der Waals surface area (Å²) in [5.41, 5.74) is 3.96. The highest BCUT2D eigenvalue weighted by molar-refractivity contribution is 5.79. The normalized spacial score (nSPS) is 18.6. The van der Waals surface area contributed by atoms with Crippen molar-refractivity contribution in [3.05, 3.63) is 52.6 Å². The Bertz CT molecular complexity index is 721. The number of H-pyrrole nitrogens is 1. The van der Waals surface area contributed by atoms with Gasteiger partial charge in [0.1, 0.15) is 5.82 Å². The average Bonchev–Trinajstić information content (AvgIpc) is 2.89. The Kier molecular flexibility index (Phi) is 5.18. The summed E-state index contributed by atoms with van der Waals surface area (Å²) in [6.45, 7) is 9.12. The Morgan fingerprint density at radius 2 is 2.00 bits per heavy atom. The van der Waals surface area contributed by atoms with E-state index < -0.39 is 0 Å². The van der Waals surface area contributed by atoms with Gasteiger partial charge in [-0.25, -0.2) is 4.39 Å². The van der Waals surface area contributed by atoms with Crippen LogP contribution < -0.4 is 0 Å². The quantitative estimate of drug-likeness (QED) is 0.927. The van der Waals surface area contributed by atoms with Gasteiger partial charge in [0.25, 0.3) is 0 Å². The van der Waals surface area contributed by atoms with E-state index >= 15 is 0 Å². The maximum atomic E-state index is 13.0. The number of amides is 1. The highest BCUT2D eigenvalue weighted by Gasteiger charge is 2.28. The maximum Gasteiger partial charge on any atom is 0.227 e. The van der Waals surface area contributed by atoms with Crippen LogP contribution in [-0.2, 0) is 17.8 Å². The van der Waals surface area contributed by atoms with Gasteiger partial charge < -0.3 is 4.90 Å². The summed E-state index contributed by atoms with van der Waals surface area (Å²) in [6.07, 6.45) is 0.399. The Morgan fingerprint density at radius 3 is 2.60 bits per heavy atom. The number of carbonyl (C=O) groups is 1. The number of nitrogens with one attached hydrogen (secondary N) is 1. The third kappa shape index (κ3) is 4.07. The molecule has 5 nitrogen and oxygen atoms in total. The molecule has 1 N–H and O–H groups in total. The molecule has 1 aromatic heterocycles. The fourth-order valence-electron chi connectivity index (χ4n) is 3.48. The second-order valence-corrected chi connectivity index (χ2v) is 6.89. The minimum Gasteiger partial charge on any atom is -0.337 e. The minimum absolute atomic E-state index is 0.154. The lowest BCUT2D eigenvalue weighted by Crippen LogP contribution is -2.54. The molecule has 1 fully saturated rings. The summed E-state index contributed by atoms with van der Waals surface area (Å²) < 4.78 is 13.0. The number of nitrogens with zero attached hydrogens (tertiary/aromatic N) is 3. The molecule has 1 amide bonds. The smallest absolute Gasteiger partial charge is 0.227 e. The van der Waals surface area contributed by atoms with Crippen LogP contribution in [0.25, 0.3) is 0 Å². The van der Waals surface area contributed by atoms with E-state index in [0.29, 0.717) is 6.42 Å². The molecule has 6 heteroatoms. The predicted molar refractivity (Wildman–Crippen MR) is 94.6 cm³/mol. The van der Waals surface area contributed by atoms with Crippen molar-refractivity contribution < 1.29 is 9.18 Å². The van der Waals surface area contributed by atoms with Crippen LogP contribution in [-0.4, -0.2) is 51.6 Å². The highest BCUT2D eigenvalue weighted by atomic mass is 19.1. The zero-order valence-electron chi connectivity index (χ0n) is 15.1. The number of halogens is 1. The summed E-state index contributed by atoms with van der Waals surface area (Å²) >= 11 is 0. The number of carbonyl (C=O) groups excluding carboxylic acids is 1. The number of rotatable bonds is 4. The first kappa shape index (κ1) is 17.6. The molecule has 1 atom stereocenters. The molecular weight excluding hydrogens is 319 g/mol. The van der Waals surface area contributed by atoms with E-state index in [-0.39, 0.29) is 17.8 Å². The molecule has 3 rings (SSSR count). The van der Waals surface area contributed by atoms with E-state index in [9.17, 15) is 9.18 Å². The number of aromatic nitrogens is 2. The molecule has 134 valence electrons. The van der Waals surface area contributed by atoms with E-state index in [0.717, 1.165) is 48.7 Å². The Labute approximate surface area is 147 Å². The van der Waals surface area contributed by atoms with Gasteiger partial charge in [-0.3, -0.25) is 14.8 Å². The van der Waals surface area contributed by atoms with Crippen LogP contribution in [0.4, 0.5) is 4.39 Å². The Balaban J connectivity index is 1.58. The van der Waals surface area contributed by atoms with E-state index in [4.69, 9.17) is 0 Å². The Hall–Kier alpha value is -2.21. The van der Waals surface area contributed by atoms with Crippen molar-refractivity contribution in [1.82, 2.24) is 20.0 Å². The molecule has 0 spiro atoms. The van der Waals surface area contributed by atoms with Crippen LogP contribution in [0.2, 0.25) is 0 Å². The molecule has 0 aliphatic carbocycles. The molecule has 0 bridgehead atoms. The number of aryl methyl sites for hydroxylation is 2. The molecule has 0 unspecified atom stereocenters. The average molecular weight is 344 g/mol. The zero-order chi connectivity index (χ0) is 18.0. The molecular formula is C19H25FN4O. The van der Waals surface area contributed by atoms with E-state index in [1.54, 1.807) is 0 Å². The summed E-state index contributed by atoms with van der Waals surface area (Å²) in [6, 6.07) is 6.79. The van der Waals surface area contributed by atoms with Crippen molar-refractivity contribution in [3.8, 4) is 0 Å². The molecule has 0 radical (unpaired) electrons. The molecule has 1 aliphatic heterocycles. The van der Waals surface area contributed by atoms with E-state index in [1.807, 2.05) is 30.9 Å². The van der Waals surface area contributed by atoms with Gasteiger partial charge in [0.2, 0.25) is 5.91 Å². The molecule has 2 aromatic rings.